The van der Waals surface area contributed by atoms with Crippen LogP contribution in [-0.2, 0) is 4.79 Å². The molecule has 0 spiro atoms. The summed E-state index contributed by atoms with van der Waals surface area (Å²) in [7, 11) is 0. The average molecular weight is 299 g/mol. The van der Waals surface area contributed by atoms with Crippen LogP contribution in [0, 0.1) is 0 Å². The molecule has 1 aromatic heterocycles. The zero-order valence-electron chi connectivity index (χ0n) is 11.6. The number of carbonyl (C=O) groups is 3. The number of hydrogen-bond donors (Lipinski definition) is 2. The molecule has 0 bridgehead atoms. The molecule has 112 valence electrons. The monoisotopic (exact) mass is 299 g/mol. The first kappa shape index (κ1) is 13.9. The molecule has 1 aromatic carbocycles. The van der Waals surface area contributed by atoms with Gasteiger partial charge in [0.1, 0.15) is 0 Å². The molecule has 1 aliphatic heterocycles. The lowest BCUT2D eigenvalue weighted by molar-refractivity contribution is -0.116. The zero-order chi connectivity index (χ0) is 15.5. The molecule has 3 rings (SSSR count). The van der Waals surface area contributed by atoms with Crippen LogP contribution in [0.2, 0.25) is 0 Å². The minimum atomic E-state index is -0.308. The molecule has 1 aliphatic rings. The van der Waals surface area contributed by atoms with E-state index in [1.54, 1.807) is 24.3 Å². The van der Waals surface area contributed by atoms with Gasteiger partial charge in [-0.3, -0.25) is 19.3 Å². The molecule has 2 heterocycles. The predicted molar refractivity (Wildman–Crippen MR) is 76.1 cm³/mol. The molecule has 0 atom stereocenters. The second-order valence-electron chi connectivity index (χ2n) is 4.81. The van der Waals surface area contributed by atoms with Gasteiger partial charge in [-0.05, 0) is 18.6 Å². The normalized spacial score (nSPS) is 13.4. The number of nitrogens with one attached hydrogen (secondary N) is 2. The van der Waals surface area contributed by atoms with E-state index >= 15 is 0 Å². The van der Waals surface area contributed by atoms with E-state index in [1.165, 1.54) is 11.1 Å². The molecule has 0 saturated heterocycles. The largest absolute Gasteiger partial charge is 0.308 e. The highest BCUT2D eigenvalue weighted by Crippen LogP contribution is 2.22. The number of H-pyrrole nitrogens is 1. The number of rotatable bonds is 5. The van der Waals surface area contributed by atoms with Crippen LogP contribution in [0.4, 0.5) is 5.82 Å². The van der Waals surface area contributed by atoms with Crippen LogP contribution in [0.5, 0.6) is 0 Å². The second kappa shape index (κ2) is 5.76. The highest BCUT2D eigenvalue weighted by Gasteiger charge is 2.34. The maximum atomic E-state index is 12.1. The van der Waals surface area contributed by atoms with Gasteiger partial charge in [0.25, 0.3) is 11.8 Å². The molecule has 0 unspecified atom stereocenters. The average Bonchev–Trinajstić information content (AvgIpc) is 3.10. The molecule has 3 amide bonds. The summed E-state index contributed by atoms with van der Waals surface area (Å²) in [5.74, 6) is -0.522. The minimum Gasteiger partial charge on any atom is -0.308 e. The Bertz CT molecular complexity index is 691. The van der Waals surface area contributed by atoms with Gasteiger partial charge in [-0.2, -0.15) is 10.3 Å². The first-order valence-corrected chi connectivity index (χ1v) is 6.77. The Kier molecular flexibility index (Phi) is 3.65. The molecule has 0 aliphatic carbocycles. The molecule has 2 aromatic rings. The minimum absolute atomic E-state index is 0.181. The van der Waals surface area contributed by atoms with E-state index < -0.39 is 0 Å². The van der Waals surface area contributed by atoms with Crippen LogP contribution in [-0.4, -0.2) is 44.6 Å². The highest BCUT2D eigenvalue weighted by molar-refractivity contribution is 6.21. The van der Waals surface area contributed by atoms with Gasteiger partial charge in [0.2, 0.25) is 5.91 Å². The van der Waals surface area contributed by atoms with Crippen LogP contribution in [0.15, 0.2) is 30.5 Å². The molecular weight excluding hydrogens is 286 g/mol. The van der Waals surface area contributed by atoms with E-state index in [0.717, 1.165) is 0 Å². The molecular formula is C14H13N5O3. The fraction of sp³-hybridized carbons (Fsp3) is 0.214. The summed E-state index contributed by atoms with van der Waals surface area (Å²) >= 11 is 0. The summed E-state index contributed by atoms with van der Waals surface area (Å²) in [5, 5.41) is 12.2. The topological polar surface area (TPSA) is 108 Å². The summed E-state index contributed by atoms with van der Waals surface area (Å²) in [6.45, 7) is 0.207. The van der Waals surface area contributed by atoms with Crippen molar-refractivity contribution in [1.29, 1.82) is 0 Å². The number of aromatic nitrogens is 3. The standard InChI is InChI=1S/C14H13N5O3/c20-12(16-11-8-15-18-17-11)6-3-7-19-13(21)9-4-1-2-5-10(9)14(19)22/h1-2,4-5,8H,3,6-7H2,(H2,15,16,17,18,20). The zero-order valence-corrected chi connectivity index (χ0v) is 11.6. The van der Waals surface area contributed by atoms with Crippen molar-refractivity contribution in [3.8, 4) is 0 Å². The number of amides is 3. The third kappa shape index (κ3) is 2.58. The number of nitrogens with zero attached hydrogens (tertiary/aromatic N) is 3. The number of hydrogen-bond acceptors (Lipinski definition) is 5. The Morgan fingerprint density at radius 2 is 1.86 bits per heavy atom. The Labute approximate surface area is 125 Å². The summed E-state index contributed by atoms with van der Waals surface area (Å²) in [4.78, 5) is 37.1. The van der Waals surface area contributed by atoms with Crippen molar-refractivity contribution in [1.82, 2.24) is 20.3 Å². The van der Waals surface area contributed by atoms with E-state index in [1.807, 2.05) is 0 Å². The maximum Gasteiger partial charge on any atom is 0.261 e. The number of fused-ring (bicyclic) bond motifs is 1. The third-order valence-corrected chi connectivity index (χ3v) is 3.35. The van der Waals surface area contributed by atoms with Crippen molar-refractivity contribution < 1.29 is 14.4 Å². The van der Waals surface area contributed by atoms with E-state index in [0.29, 0.717) is 23.4 Å². The number of benzene rings is 1. The Morgan fingerprint density at radius 3 is 2.45 bits per heavy atom. The van der Waals surface area contributed by atoms with Crippen LogP contribution in [0.3, 0.4) is 0 Å². The number of imide groups is 1. The Balaban J connectivity index is 1.54. The van der Waals surface area contributed by atoms with E-state index in [-0.39, 0.29) is 30.7 Å². The highest BCUT2D eigenvalue weighted by atomic mass is 16.2. The van der Waals surface area contributed by atoms with Gasteiger partial charge in [-0.15, -0.1) is 5.10 Å². The van der Waals surface area contributed by atoms with E-state index in [9.17, 15) is 14.4 Å². The van der Waals surface area contributed by atoms with Crippen molar-refractivity contribution in [2.75, 3.05) is 11.9 Å². The molecule has 0 radical (unpaired) electrons. The van der Waals surface area contributed by atoms with Crippen LogP contribution >= 0.6 is 0 Å². The van der Waals surface area contributed by atoms with Gasteiger partial charge in [0.05, 0.1) is 17.3 Å². The molecule has 8 nitrogen and oxygen atoms in total. The third-order valence-electron chi connectivity index (χ3n) is 3.35. The summed E-state index contributed by atoms with van der Waals surface area (Å²) < 4.78 is 0. The molecule has 0 fully saturated rings. The van der Waals surface area contributed by atoms with Gasteiger partial charge in [0, 0.05) is 13.0 Å². The SMILES string of the molecule is O=C(CCCN1C(=O)c2ccccc2C1=O)Nc1cn[nH]n1. The molecule has 2 N–H and O–H groups in total. The van der Waals surface area contributed by atoms with Crippen LogP contribution in [0.1, 0.15) is 33.6 Å². The Hall–Kier alpha value is -3.03. The number of aromatic amines is 1. The smallest absolute Gasteiger partial charge is 0.261 e. The lowest BCUT2D eigenvalue weighted by Gasteiger charge is -2.13. The van der Waals surface area contributed by atoms with Crippen LogP contribution in [0.25, 0.3) is 0 Å². The van der Waals surface area contributed by atoms with Gasteiger partial charge >= 0.3 is 0 Å². The quantitative estimate of drug-likeness (QED) is 0.795. The Morgan fingerprint density at radius 1 is 1.18 bits per heavy atom. The number of carbonyl (C=O) groups excluding carboxylic acids is 3. The predicted octanol–water partition coefficient (Wildman–Crippen LogP) is 0.820. The van der Waals surface area contributed by atoms with Crippen molar-refractivity contribution in [2.45, 2.75) is 12.8 Å². The molecule has 22 heavy (non-hydrogen) atoms. The van der Waals surface area contributed by atoms with Gasteiger partial charge in [-0.25, -0.2) is 0 Å². The lowest BCUT2D eigenvalue weighted by atomic mass is 10.1. The first-order chi connectivity index (χ1) is 10.7. The summed E-state index contributed by atoms with van der Waals surface area (Å²) in [6, 6.07) is 6.71. The number of anilines is 1. The molecule has 0 saturated carbocycles. The van der Waals surface area contributed by atoms with Crippen molar-refractivity contribution >= 4 is 23.5 Å². The fourth-order valence-corrected chi connectivity index (χ4v) is 2.31. The van der Waals surface area contributed by atoms with E-state index in [2.05, 4.69) is 20.7 Å². The van der Waals surface area contributed by atoms with Gasteiger partial charge < -0.3 is 5.32 Å². The van der Waals surface area contributed by atoms with Gasteiger partial charge in [-0.1, -0.05) is 12.1 Å². The maximum absolute atomic E-state index is 12.1. The van der Waals surface area contributed by atoms with Crippen LogP contribution < -0.4 is 5.32 Å². The lowest BCUT2D eigenvalue weighted by Crippen LogP contribution is -2.31. The first-order valence-electron chi connectivity index (χ1n) is 6.77. The molecule has 8 heteroatoms. The second-order valence-corrected chi connectivity index (χ2v) is 4.81. The fourth-order valence-electron chi connectivity index (χ4n) is 2.31. The summed E-state index contributed by atoms with van der Waals surface area (Å²) in [5.41, 5.74) is 0.832. The van der Waals surface area contributed by atoms with Crippen molar-refractivity contribution in [3.05, 3.63) is 41.6 Å². The van der Waals surface area contributed by atoms with Crippen molar-refractivity contribution in [3.63, 3.8) is 0 Å². The summed E-state index contributed by atoms with van der Waals surface area (Å²) in [6.07, 6.45) is 1.96. The van der Waals surface area contributed by atoms with Crippen molar-refractivity contribution in [2.24, 2.45) is 0 Å². The van der Waals surface area contributed by atoms with Gasteiger partial charge in [0.15, 0.2) is 5.82 Å². The van der Waals surface area contributed by atoms with E-state index in [4.69, 9.17) is 0 Å².